The standard InChI is InChI=1S/C14H19BrN2O3/c1-2-20-13-5-7-16(8-6-13)14-4-3-12(17(18)19)9-11(14)10-15/h3-4,9,13H,2,5-8,10H2,1H3. The Kier molecular flexibility index (Phi) is 5.37. The summed E-state index contributed by atoms with van der Waals surface area (Å²) >= 11 is 3.42. The molecular weight excluding hydrogens is 324 g/mol. The van der Waals surface area contributed by atoms with Crippen molar-refractivity contribution in [2.75, 3.05) is 24.6 Å². The van der Waals surface area contributed by atoms with Crippen molar-refractivity contribution in [3.63, 3.8) is 0 Å². The molecule has 0 aromatic heterocycles. The van der Waals surface area contributed by atoms with E-state index in [4.69, 9.17) is 4.74 Å². The Morgan fingerprint density at radius 1 is 1.45 bits per heavy atom. The van der Waals surface area contributed by atoms with E-state index in [1.54, 1.807) is 12.1 Å². The molecule has 0 unspecified atom stereocenters. The van der Waals surface area contributed by atoms with Crippen LogP contribution in [0.25, 0.3) is 0 Å². The third-order valence-electron chi connectivity index (χ3n) is 3.60. The summed E-state index contributed by atoms with van der Waals surface area (Å²) in [6.07, 6.45) is 2.36. The second kappa shape index (κ2) is 7.04. The molecule has 0 atom stereocenters. The Labute approximate surface area is 127 Å². The molecule has 0 bridgehead atoms. The number of rotatable bonds is 5. The van der Waals surface area contributed by atoms with Gasteiger partial charge in [-0.05, 0) is 31.4 Å². The summed E-state index contributed by atoms with van der Waals surface area (Å²) in [5.41, 5.74) is 2.20. The smallest absolute Gasteiger partial charge is 0.269 e. The second-order valence-corrected chi connectivity index (χ2v) is 5.41. The van der Waals surface area contributed by atoms with E-state index in [0.29, 0.717) is 11.4 Å². The molecule has 1 fully saturated rings. The van der Waals surface area contributed by atoms with Gasteiger partial charge in [0.05, 0.1) is 11.0 Å². The van der Waals surface area contributed by atoms with Crippen LogP contribution in [0.15, 0.2) is 18.2 Å². The molecule has 1 aliphatic heterocycles. The normalized spacial score (nSPS) is 16.4. The van der Waals surface area contributed by atoms with Gasteiger partial charge in [-0.2, -0.15) is 0 Å². The maximum atomic E-state index is 10.8. The number of hydrogen-bond acceptors (Lipinski definition) is 4. The molecule has 110 valence electrons. The molecule has 1 saturated heterocycles. The fourth-order valence-electron chi connectivity index (χ4n) is 2.60. The number of piperidine rings is 1. The highest BCUT2D eigenvalue weighted by atomic mass is 79.9. The first kappa shape index (κ1) is 15.3. The number of ether oxygens (including phenoxy) is 1. The van der Waals surface area contributed by atoms with Crippen molar-refractivity contribution < 1.29 is 9.66 Å². The molecule has 1 aromatic rings. The molecule has 2 rings (SSSR count). The maximum absolute atomic E-state index is 10.8. The van der Waals surface area contributed by atoms with Crippen molar-refractivity contribution in [3.8, 4) is 0 Å². The number of benzene rings is 1. The molecule has 6 heteroatoms. The first-order valence-corrected chi connectivity index (χ1v) is 7.97. The lowest BCUT2D eigenvalue weighted by atomic mass is 10.0. The summed E-state index contributed by atoms with van der Waals surface area (Å²) in [5, 5.41) is 11.5. The minimum Gasteiger partial charge on any atom is -0.378 e. The zero-order valence-corrected chi connectivity index (χ0v) is 13.1. The van der Waals surface area contributed by atoms with E-state index in [0.717, 1.165) is 43.8 Å². The average molecular weight is 343 g/mol. The van der Waals surface area contributed by atoms with Crippen molar-refractivity contribution in [1.82, 2.24) is 0 Å². The first-order chi connectivity index (χ1) is 9.65. The van der Waals surface area contributed by atoms with E-state index < -0.39 is 0 Å². The van der Waals surface area contributed by atoms with Crippen LogP contribution in [0.4, 0.5) is 11.4 Å². The summed E-state index contributed by atoms with van der Waals surface area (Å²) in [6, 6.07) is 5.09. The van der Waals surface area contributed by atoms with Crippen LogP contribution in [0.1, 0.15) is 25.3 Å². The number of halogens is 1. The Hall–Kier alpha value is -1.14. The summed E-state index contributed by atoms with van der Waals surface area (Å²) in [5.74, 6) is 0. The molecule has 0 amide bonds. The fraction of sp³-hybridized carbons (Fsp3) is 0.571. The van der Waals surface area contributed by atoms with Crippen molar-refractivity contribution in [3.05, 3.63) is 33.9 Å². The van der Waals surface area contributed by atoms with Gasteiger partial charge in [0, 0.05) is 42.8 Å². The summed E-state index contributed by atoms with van der Waals surface area (Å²) in [6.45, 7) is 4.64. The van der Waals surface area contributed by atoms with Gasteiger partial charge in [-0.15, -0.1) is 0 Å². The Balaban J connectivity index is 2.11. The minimum atomic E-state index is -0.350. The molecule has 1 aliphatic rings. The lowest BCUT2D eigenvalue weighted by Crippen LogP contribution is -2.37. The number of nitro groups is 1. The molecule has 0 spiro atoms. The molecule has 0 radical (unpaired) electrons. The molecule has 5 nitrogen and oxygen atoms in total. The maximum Gasteiger partial charge on any atom is 0.269 e. The van der Waals surface area contributed by atoms with E-state index in [-0.39, 0.29) is 10.6 Å². The van der Waals surface area contributed by atoms with Crippen molar-refractivity contribution in [2.24, 2.45) is 0 Å². The molecule has 1 aromatic carbocycles. The van der Waals surface area contributed by atoms with Gasteiger partial charge in [-0.1, -0.05) is 15.9 Å². The van der Waals surface area contributed by atoms with Gasteiger partial charge in [-0.25, -0.2) is 0 Å². The van der Waals surface area contributed by atoms with Gasteiger partial charge < -0.3 is 9.64 Å². The number of anilines is 1. The van der Waals surface area contributed by atoms with Crippen LogP contribution in [0.2, 0.25) is 0 Å². The van der Waals surface area contributed by atoms with Gasteiger partial charge in [-0.3, -0.25) is 10.1 Å². The van der Waals surface area contributed by atoms with E-state index in [1.165, 1.54) is 0 Å². The second-order valence-electron chi connectivity index (χ2n) is 4.85. The van der Waals surface area contributed by atoms with Crippen LogP contribution in [-0.2, 0) is 10.1 Å². The topological polar surface area (TPSA) is 55.6 Å². The Morgan fingerprint density at radius 3 is 2.70 bits per heavy atom. The molecule has 0 saturated carbocycles. The molecule has 0 N–H and O–H groups in total. The monoisotopic (exact) mass is 342 g/mol. The van der Waals surface area contributed by atoms with E-state index in [9.17, 15) is 10.1 Å². The van der Waals surface area contributed by atoms with Crippen LogP contribution in [0, 0.1) is 10.1 Å². The lowest BCUT2D eigenvalue weighted by Gasteiger charge is -2.34. The highest BCUT2D eigenvalue weighted by molar-refractivity contribution is 9.08. The van der Waals surface area contributed by atoms with Crippen molar-refractivity contribution in [1.29, 1.82) is 0 Å². The summed E-state index contributed by atoms with van der Waals surface area (Å²) < 4.78 is 5.65. The molecule has 0 aliphatic carbocycles. The van der Waals surface area contributed by atoms with Crippen LogP contribution in [0.3, 0.4) is 0 Å². The lowest BCUT2D eigenvalue weighted by molar-refractivity contribution is -0.384. The predicted molar refractivity (Wildman–Crippen MR) is 82.6 cm³/mol. The third kappa shape index (κ3) is 3.49. The summed E-state index contributed by atoms with van der Waals surface area (Å²) in [4.78, 5) is 12.8. The van der Waals surface area contributed by atoms with Crippen LogP contribution >= 0.6 is 15.9 Å². The van der Waals surface area contributed by atoms with Gasteiger partial charge in [0.15, 0.2) is 0 Å². The Bertz CT molecular complexity index is 473. The quantitative estimate of drug-likeness (QED) is 0.467. The van der Waals surface area contributed by atoms with Crippen LogP contribution < -0.4 is 4.90 Å². The number of nitro benzene ring substituents is 1. The first-order valence-electron chi connectivity index (χ1n) is 6.85. The number of nitrogens with zero attached hydrogens (tertiary/aromatic N) is 2. The SMILES string of the molecule is CCOC1CCN(c2ccc([N+](=O)[O-])cc2CBr)CC1. The van der Waals surface area contributed by atoms with Crippen molar-refractivity contribution >= 4 is 27.3 Å². The highest BCUT2D eigenvalue weighted by Crippen LogP contribution is 2.29. The largest absolute Gasteiger partial charge is 0.378 e. The zero-order chi connectivity index (χ0) is 14.5. The fourth-order valence-corrected chi connectivity index (χ4v) is 3.05. The minimum absolute atomic E-state index is 0.146. The number of hydrogen-bond donors (Lipinski definition) is 0. The van der Waals surface area contributed by atoms with Crippen molar-refractivity contribution in [2.45, 2.75) is 31.2 Å². The predicted octanol–water partition coefficient (Wildman–Crippen LogP) is 3.50. The molecule has 20 heavy (non-hydrogen) atoms. The Morgan fingerprint density at radius 2 is 2.15 bits per heavy atom. The van der Waals surface area contributed by atoms with Crippen LogP contribution in [-0.4, -0.2) is 30.7 Å². The zero-order valence-electron chi connectivity index (χ0n) is 11.5. The van der Waals surface area contributed by atoms with Gasteiger partial charge in [0.25, 0.3) is 5.69 Å². The highest BCUT2D eigenvalue weighted by Gasteiger charge is 2.22. The van der Waals surface area contributed by atoms with Gasteiger partial charge in [0.2, 0.25) is 0 Å². The third-order valence-corrected chi connectivity index (χ3v) is 4.21. The number of non-ortho nitro benzene ring substituents is 1. The average Bonchev–Trinajstić information content (AvgIpc) is 2.47. The van der Waals surface area contributed by atoms with E-state index >= 15 is 0 Å². The van der Waals surface area contributed by atoms with Gasteiger partial charge in [0.1, 0.15) is 0 Å². The number of alkyl halides is 1. The van der Waals surface area contributed by atoms with E-state index in [2.05, 4.69) is 20.8 Å². The van der Waals surface area contributed by atoms with Crippen LogP contribution in [0.5, 0.6) is 0 Å². The van der Waals surface area contributed by atoms with E-state index in [1.807, 2.05) is 13.0 Å². The summed E-state index contributed by atoms with van der Waals surface area (Å²) in [7, 11) is 0. The molecular formula is C14H19BrN2O3. The molecule has 1 heterocycles. The van der Waals surface area contributed by atoms with Gasteiger partial charge >= 0.3 is 0 Å².